The van der Waals surface area contributed by atoms with E-state index in [1.165, 1.54) is 42.6 Å². The van der Waals surface area contributed by atoms with Gasteiger partial charge >= 0.3 is 5.97 Å². The Bertz CT molecular complexity index is 1390. The fraction of sp³-hybridized carbons (Fsp3) is 0.0870. The van der Waals surface area contributed by atoms with Crippen molar-refractivity contribution in [2.24, 2.45) is 0 Å². The van der Waals surface area contributed by atoms with Crippen molar-refractivity contribution in [3.8, 4) is 11.1 Å². The van der Waals surface area contributed by atoms with Crippen LogP contribution in [0.5, 0.6) is 0 Å². The van der Waals surface area contributed by atoms with E-state index in [0.717, 1.165) is 10.0 Å². The second kappa shape index (κ2) is 7.96. The number of rotatable bonds is 6. The van der Waals surface area contributed by atoms with Crippen molar-refractivity contribution in [1.82, 2.24) is 3.97 Å². The highest BCUT2D eigenvalue weighted by atomic mass is 32.2. The summed E-state index contributed by atoms with van der Waals surface area (Å²) in [5.41, 5.74) is 1.93. The fourth-order valence-corrected chi connectivity index (χ4v) is 4.91. The van der Waals surface area contributed by atoms with Gasteiger partial charge < -0.3 is 5.11 Å². The summed E-state index contributed by atoms with van der Waals surface area (Å²) in [6.07, 6.45) is 1.19. The topological polar surface area (TPSA) is 76.4 Å². The number of hydrogen-bond acceptors (Lipinski definition) is 3. The number of benzene rings is 3. The van der Waals surface area contributed by atoms with Gasteiger partial charge in [-0.1, -0.05) is 24.3 Å². The van der Waals surface area contributed by atoms with E-state index in [2.05, 4.69) is 0 Å². The highest BCUT2D eigenvalue weighted by Crippen LogP contribution is 2.29. The van der Waals surface area contributed by atoms with Crippen LogP contribution in [-0.4, -0.2) is 23.5 Å². The minimum absolute atomic E-state index is 0.000310. The number of aliphatic carboxylic acids is 1. The van der Waals surface area contributed by atoms with Gasteiger partial charge in [-0.25, -0.2) is 21.2 Å². The van der Waals surface area contributed by atoms with E-state index >= 15 is 0 Å². The van der Waals surface area contributed by atoms with E-state index in [0.29, 0.717) is 22.1 Å². The van der Waals surface area contributed by atoms with Gasteiger partial charge in [-0.3, -0.25) is 4.79 Å². The normalized spacial score (nSPS) is 11.7. The van der Waals surface area contributed by atoms with Crippen molar-refractivity contribution < 1.29 is 27.1 Å². The molecule has 0 fully saturated rings. The molecule has 31 heavy (non-hydrogen) atoms. The molecule has 1 heterocycles. The summed E-state index contributed by atoms with van der Waals surface area (Å²) < 4.78 is 54.9. The Labute approximate surface area is 177 Å². The van der Waals surface area contributed by atoms with E-state index < -0.39 is 27.6 Å². The fourth-order valence-electron chi connectivity index (χ4n) is 3.47. The minimum Gasteiger partial charge on any atom is -0.481 e. The number of aromatic nitrogens is 1. The lowest BCUT2D eigenvalue weighted by molar-refractivity contribution is -0.136. The van der Waals surface area contributed by atoms with Crippen molar-refractivity contribution in [2.75, 3.05) is 0 Å². The Balaban J connectivity index is 1.83. The molecule has 4 rings (SSSR count). The van der Waals surface area contributed by atoms with Crippen LogP contribution in [0.3, 0.4) is 0 Å². The third kappa shape index (κ3) is 4.06. The Morgan fingerprint density at radius 1 is 0.903 bits per heavy atom. The molecule has 0 atom stereocenters. The standard InChI is InChI=1S/C23H17F2NO4S/c24-18-7-4-15(5-8-18)16-2-1-3-20(12-16)31(29,30)26-14-17(6-11-23(27)28)21-13-19(25)9-10-22(21)26/h1-5,7-10,12-14H,6,11H2,(H,27,28). The smallest absolute Gasteiger partial charge is 0.303 e. The van der Waals surface area contributed by atoms with Crippen LogP contribution in [0.25, 0.3) is 22.0 Å². The number of aryl methyl sites for hydroxylation is 1. The predicted octanol–water partition coefficient (Wildman–Crippen LogP) is 4.84. The molecule has 0 saturated heterocycles. The van der Waals surface area contributed by atoms with Gasteiger partial charge in [-0.15, -0.1) is 0 Å². The minimum atomic E-state index is -4.06. The molecule has 5 nitrogen and oxygen atoms in total. The van der Waals surface area contributed by atoms with E-state index in [-0.39, 0.29) is 23.3 Å². The lowest BCUT2D eigenvalue weighted by Gasteiger charge is -2.10. The number of fused-ring (bicyclic) bond motifs is 1. The molecule has 1 N–H and O–H groups in total. The molecule has 4 aromatic rings. The van der Waals surface area contributed by atoms with Crippen LogP contribution < -0.4 is 0 Å². The first kappa shape index (κ1) is 20.7. The molecule has 0 saturated carbocycles. The van der Waals surface area contributed by atoms with E-state index in [9.17, 15) is 22.0 Å². The molecule has 0 unspecified atom stereocenters. The second-order valence-electron chi connectivity index (χ2n) is 7.05. The molecule has 0 bridgehead atoms. The van der Waals surface area contributed by atoms with Crippen molar-refractivity contribution in [3.05, 3.63) is 90.1 Å². The molecule has 0 aliphatic heterocycles. The monoisotopic (exact) mass is 441 g/mol. The third-order valence-corrected chi connectivity index (χ3v) is 6.66. The van der Waals surface area contributed by atoms with Gasteiger partial charge in [0, 0.05) is 18.0 Å². The summed E-state index contributed by atoms with van der Waals surface area (Å²) in [4.78, 5) is 11.0. The maximum Gasteiger partial charge on any atom is 0.303 e. The van der Waals surface area contributed by atoms with Gasteiger partial charge in [-0.2, -0.15) is 0 Å². The van der Waals surface area contributed by atoms with Gasteiger partial charge in [0.2, 0.25) is 0 Å². The van der Waals surface area contributed by atoms with Crippen LogP contribution in [0.2, 0.25) is 0 Å². The van der Waals surface area contributed by atoms with Gasteiger partial charge in [0.1, 0.15) is 11.6 Å². The Kier molecular flexibility index (Phi) is 5.32. The first-order valence-corrected chi connectivity index (χ1v) is 10.8. The summed E-state index contributed by atoms with van der Waals surface area (Å²) in [6, 6.07) is 15.6. The highest BCUT2D eigenvalue weighted by Gasteiger charge is 2.22. The average Bonchev–Trinajstić information content (AvgIpc) is 3.11. The van der Waals surface area contributed by atoms with Gasteiger partial charge in [0.05, 0.1) is 10.4 Å². The third-order valence-electron chi connectivity index (χ3n) is 4.99. The summed E-state index contributed by atoms with van der Waals surface area (Å²) in [5, 5.41) is 9.33. The number of hydrogen-bond donors (Lipinski definition) is 1. The predicted molar refractivity (Wildman–Crippen MR) is 112 cm³/mol. The first-order valence-electron chi connectivity index (χ1n) is 9.38. The molecule has 0 amide bonds. The summed E-state index contributed by atoms with van der Waals surface area (Å²) >= 11 is 0. The quantitative estimate of drug-likeness (QED) is 0.465. The average molecular weight is 441 g/mol. The van der Waals surface area contributed by atoms with Crippen LogP contribution in [-0.2, 0) is 21.2 Å². The molecule has 0 aliphatic rings. The first-order chi connectivity index (χ1) is 14.8. The van der Waals surface area contributed by atoms with Crippen molar-refractivity contribution in [3.63, 3.8) is 0 Å². The zero-order valence-corrected chi connectivity index (χ0v) is 16.9. The van der Waals surface area contributed by atoms with Crippen LogP contribution in [0.4, 0.5) is 8.78 Å². The lowest BCUT2D eigenvalue weighted by atomic mass is 10.1. The number of carboxylic acid groups (broad SMARTS) is 1. The highest BCUT2D eigenvalue weighted by molar-refractivity contribution is 7.90. The van der Waals surface area contributed by atoms with Crippen molar-refractivity contribution in [2.45, 2.75) is 17.7 Å². The van der Waals surface area contributed by atoms with E-state index in [1.807, 2.05) is 0 Å². The maximum atomic E-state index is 13.8. The van der Waals surface area contributed by atoms with Crippen LogP contribution in [0, 0.1) is 11.6 Å². The van der Waals surface area contributed by atoms with Gasteiger partial charge in [-0.05, 0) is 65.6 Å². The molecular formula is C23H17F2NO4S. The number of halogens is 2. The Morgan fingerprint density at radius 2 is 1.61 bits per heavy atom. The van der Waals surface area contributed by atoms with Crippen LogP contribution in [0.15, 0.2) is 77.8 Å². The van der Waals surface area contributed by atoms with Crippen molar-refractivity contribution in [1.29, 1.82) is 0 Å². The van der Waals surface area contributed by atoms with E-state index in [1.54, 1.807) is 24.3 Å². The second-order valence-corrected chi connectivity index (χ2v) is 8.86. The number of carboxylic acids is 1. The number of nitrogens with zero attached hydrogens (tertiary/aromatic N) is 1. The molecule has 0 radical (unpaired) electrons. The molecule has 8 heteroatoms. The molecule has 158 valence electrons. The Hall–Kier alpha value is -3.52. The lowest BCUT2D eigenvalue weighted by Crippen LogP contribution is -2.12. The van der Waals surface area contributed by atoms with E-state index in [4.69, 9.17) is 5.11 Å². The maximum absolute atomic E-state index is 13.8. The summed E-state index contributed by atoms with van der Waals surface area (Å²) in [6.45, 7) is 0. The van der Waals surface area contributed by atoms with Gasteiger partial charge in [0.25, 0.3) is 10.0 Å². The zero-order valence-electron chi connectivity index (χ0n) is 16.1. The molecule has 0 spiro atoms. The zero-order chi connectivity index (χ0) is 22.2. The molecule has 0 aliphatic carbocycles. The molecular weight excluding hydrogens is 424 g/mol. The van der Waals surface area contributed by atoms with Crippen LogP contribution in [0.1, 0.15) is 12.0 Å². The summed E-state index contributed by atoms with van der Waals surface area (Å²) in [7, 11) is -4.06. The largest absolute Gasteiger partial charge is 0.481 e. The molecule has 1 aromatic heterocycles. The van der Waals surface area contributed by atoms with Crippen LogP contribution >= 0.6 is 0 Å². The number of carbonyl (C=O) groups is 1. The Morgan fingerprint density at radius 3 is 2.32 bits per heavy atom. The SMILES string of the molecule is O=C(O)CCc1cn(S(=O)(=O)c2cccc(-c3ccc(F)cc3)c2)c2ccc(F)cc12. The summed E-state index contributed by atoms with van der Waals surface area (Å²) in [5.74, 6) is -1.97. The molecule has 3 aromatic carbocycles. The van der Waals surface area contributed by atoms with Gasteiger partial charge in [0.15, 0.2) is 0 Å². The van der Waals surface area contributed by atoms with Crippen molar-refractivity contribution >= 4 is 26.9 Å².